The van der Waals surface area contributed by atoms with Gasteiger partial charge in [-0.05, 0) is 36.0 Å². The second-order valence-corrected chi connectivity index (χ2v) is 4.51. The molecule has 0 aliphatic heterocycles. The van der Waals surface area contributed by atoms with Crippen LogP contribution in [0.1, 0.15) is 36.5 Å². The van der Waals surface area contributed by atoms with Gasteiger partial charge in [-0.3, -0.25) is 0 Å². The number of carbonyl (C=O) groups excluding carboxylic acids is 1. The molecule has 0 unspecified atom stereocenters. The quantitative estimate of drug-likeness (QED) is 0.871. The van der Waals surface area contributed by atoms with Gasteiger partial charge in [0.2, 0.25) is 0 Å². The molecular weight excluding hydrogens is 214 g/mol. The van der Waals surface area contributed by atoms with Crippen LogP contribution < -0.4 is 5.32 Å². The summed E-state index contributed by atoms with van der Waals surface area (Å²) in [6.45, 7) is 7.06. The molecule has 1 aromatic carbocycles. The molecule has 0 saturated carbocycles. The van der Waals surface area contributed by atoms with Gasteiger partial charge in [-0.1, -0.05) is 32.0 Å². The molecule has 0 saturated heterocycles. The van der Waals surface area contributed by atoms with Crippen LogP contribution in [0.3, 0.4) is 0 Å². The van der Waals surface area contributed by atoms with E-state index in [0.717, 1.165) is 6.42 Å². The number of amides is 1. The molecule has 17 heavy (non-hydrogen) atoms. The van der Waals surface area contributed by atoms with Gasteiger partial charge in [-0.25, -0.2) is 4.79 Å². The van der Waals surface area contributed by atoms with Crippen molar-refractivity contribution in [2.75, 3.05) is 13.7 Å². The number of methoxy groups -OCH3 is 1. The maximum Gasteiger partial charge on any atom is 0.406 e. The molecule has 3 heteroatoms. The topological polar surface area (TPSA) is 38.3 Å². The van der Waals surface area contributed by atoms with Gasteiger partial charge < -0.3 is 10.1 Å². The Morgan fingerprint density at radius 1 is 1.41 bits per heavy atom. The Labute approximate surface area is 103 Å². The van der Waals surface area contributed by atoms with Crippen molar-refractivity contribution in [3.63, 3.8) is 0 Å². The first-order valence-corrected chi connectivity index (χ1v) is 5.96. The fourth-order valence-electron chi connectivity index (χ4n) is 1.69. The van der Waals surface area contributed by atoms with Crippen LogP contribution >= 0.6 is 0 Å². The number of ether oxygens (including phenoxy) is 1. The average molecular weight is 235 g/mol. The number of benzene rings is 1. The van der Waals surface area contributed by atoms with Crippen LogP contribution in [0.15, 0.2) is 18.2 Å². The SMILES string of the molecule is COC(=O)NCCc1cc(C(C)C)ccc1C. The normalized spacial score (nSPS) is 10.4. The van der Waals surface area contributed by atoms with Gasteiger partial charge in [0.25, 0.3) is 0 Å². The second-order valence-electron chi connectivity index (χ2n) is 4.51. The molecule has 0 fully saturated rings. The zero-order valence-corrected chi connectivity index (χ0v) is 11.0. The molecule has 1 aromatic rings. The van der Waals surface area contributed by atoms with E-state index >= 15 is 0 Å². The van der Waals surface area contributed by atoms with Crippen LogP contribution in [0.4, 0.5) is 4.79 Å². The molecule has 0 spiro atoms. The Bertz CT molecular complexity index is 386. The first-order chi connectivity index (χ1) is 8.04. The molecular formula is C14H21NO2. The standard InChI is InChI=1S/C14H21NO2/c1-10(2)12-6-5-11(3)13(9-12)7-8-15-14(16)17-4/h5-6,9-10H,7-8H2,1-4H3,(H,15,16). The Balaban J connectivity index is 2.63. The number of nitrogens with one attached hydrogen (secondary N) is 1. The monoisotopic (exact) mass is 235 g/mol. The van der Waals surface area contributed by atoms with Gasteiger partial charge in [0.05, 0.1) is 7.11 Å². The minimum absolute atomic E-state index is 0.373. The second kappa shape index (κ2) is 6.28. The highest BCUT2D eigenvalue weighted by atomic mass is 16.5. The molecule has 1 N–H and O–H groups in total. The van der Waals surface area contributed by atoms with Crippen LogP contribution in [0.2, 0.25) is 0 Å². The smallest absolute Gasteiger partial charge is 0.406 e. The van der Waals surface area contributed by atoms with E-state index in [-0.39, 0.29) is 6.09 Å². The number of alkyl carbamates (subject to hydrolysis) is 1. The van der Waals surface area contributed by atoms with E-state index < -0.39 is 0 Å². The summed E-state index contributed by atoms with van der Waals surface area (Å²) in [4.78, 5) is 10.9. The Hall–Kier alpha value is -1.51. The van der Waals surface area contributed by atoms with E-state index in [9.17, 15) is 4.79 Å². The zero-order valence-electron chi connectivity index (χ0n) is 11.0. The van der Waals surface area contributed by atoms with Crippen molar-refractivity contribution in [3.8, 4) is 0 Å². The minimum atomic E-state index is -0.373. The third-order valence-corrected chi connectivity index (χ3v) is 2.89. The van der Waals surface area contributed by atoms with Gasteiger partial charge >= 0.3 is 6.09 Å². The fraction of sp³-hybridized carbons (Fsp3) is 0.500. The molecule has 0 aliphatic rings. The van der Waals surface area contributed by atoms with Crippen molar-refractivity contribution in [1.29, 1.82) is 0 Å². The molecule has 94 valence electrons. The molecule has 0 radical (unpaired) electrons. The maximum atomic E-state index is 10.9. The van der Waals surface area contributed by atoms with E-state index in [0.29, 0.717) is 12.5 Å². The third-order valence-electron chi connectivity index (χ3n) is 2.89. The van der Waals surface area contributed by atoms with Crippen LogP contribution in [0.25, 0.3) is 0 Å². The van der Waals surface area contributed by atoms with Crippen molar-refractivity contribution < 1.29 is 9.53 Å². The molecule has 1 amide bonds. The fourth-order valence-corrected chi connectivity index (χ4v) is 1.69. The number of carbonyl (C=O) groups is 1. The predicted molar refractivity (Wildman–Crippen MR) is 69.4 cm³/mol. The van der Waals surface area contributed by atoms with E-state index in [1.807, 2.05) is 0 Å². The molecule has 0 aliphatic carbocycles. The van der Waals surface area contributed by atoms with Crippen LogP contribution in [0.5, 0.6) is 0 Å². The summed E-state index contributed by atoms with van der Waals surface area (Å²) in [5.41, 5.74) is 3.89. The largest absolute Gasteiger partial charge is 0.453 e. The molecule has 0 heterocycles. The summed E-state index contributed by atoms with van der Waals surface area (Å²) < 4.78 is 4.53. The predicted octanol–water partition coefficient (Wildman–Crippen LogP) is 3.02. The van der Waals surface area contributed by atoms with Crippen LogP contribution in [-0.4, -0.2) is 19.7 Å². The van der Waals surface area contributed by atoms with Gasteiger partial charge in [0, 0.05) is 6.54 Å². The van der Waals surface area contributed by atoms with Crippen molar-refractivity contribution in [2.24, 2.45) is 0 Å². The number of aryl methyl sites for hydroxylation is 1. The molecule has 1 rings (SSSR count). The maximum absolute atomic E-state index is 10.9. The van der Waals surface area contributed by atoms with Gasteiger partial charge in [-0.15, -0.1) is 0 Å². The van der Waals surface area contributed by atoms with E-state index in [1.165, 1.54) is 23.8 Å². The summed E-state index contributed by atoms with van der Waals surface area (Å²) >= 11 is 0. The van der Waals surface area contributed by atoms with Gasteiger partial charge in [0.1, 0.15) is 0 Å². The lowest BCUT2D eigenvalue weighted by Gasteiger charge is -2.11. The Morgan fingerprint density at radius 3 is 2.71 bits per heavy atom. The number of rotatable bonds is 4. The summed E-state index contributed by atoms with van der Waals surface area (Å²) in [6, 6.07) is 6.53. The summed E-state index contributed by atoms with van der Waals surface area (Å²) in [5, 5.41) is 2.70. The lowest BCUT2D eigenvalue weighted by Crippen LogP contribution is -2.25. The molecule has 0 bridgehead atoms. The van der Waals surface area contributed by atoms with E-state index in [2.05, 4.69) is 49.0 Å². The first kappa shape index (κ1) is 13.6. The van der Waals surface area contributed by atoms with Gasteiger partial charge in [0.15, 0.2) is 0 Å². The minimum Gasteiger partial charge on any atom is -0.453 e. The van der Waals surface area contributed by atoms with Crippen molar-refractivity contribution in [2.45, 2.75) is 33.1 Å². The number of hydrogen-bond acceptors (Lipinski definition) is 2. The molecule has 0 atom stereocenters. The average Bonchev–Trinajstić information content (AvgIpc) is 2.30. The van der Waals surface area contributed by atoms with E-state index in [1.54, 1.807) is 0 Å². The molecule has 3 nitrogen and oxygen atoms in total. The number of hydrogen-bond donors (Lipinski definition) is 1. The van der Waals surface area contributed by atoms with Crippen LogP contribution in [0, 0.1) is 6.92 Å². The lowest BCUT2D eigenvalue weighted by molar-refractivity contribution is 0.171. The summed E-state index contributed by atoms with van der Waals surface area (Å²) in [5.74, 6) is 0.530. The van der Waals surface area contributed by atoms with Crippen LogP contribution in [-0.2, 0) is 11.2 Å². The molecule has 0 aromatic heterocycles. The highest BCUT2D eigenvalue weighted by molar-refractivity contribution is 5.66. The highest BCUT2D eigenvalue weighted by Crippen LogP contribution is 2.18. The highest BCUT2D eigenvalue weighted by Gasteiger charge is 2.04. The summed E-state index contributed by atoms with van der Waals surface area (Å²) in [6.07, 6.45) is 0.462. The Morgan fingerprint density at radius 2 is 2.12 bits per heavy atom. The Kier molecular flexibility index (Phi) is 5.01. The van der Waals surface area contributed by atoms with Gasteiger partial charge in [-0.2, -0.15) is 0 Å². The van der Waals surface area contributed by atoms with Crippen molar-refractivity contribution >= 4 is 6.09 Å². The third kappa shape index (κ3) is 4.10. The van der Waals surface area contributed by atoms with Crippen molar-refractivity contribution in [3.05, 3.63) is 34.9 Å². The first-order valence-electron chi connectivity index (χ1n) is 5.96. The summed E-state index contributed by atoms with van der Waals surface area (Å²) in [7, 11) is 1.37. The van der Waals surface area contributed by atoms with E-state index in [4.69, 9.17) is 0 Å². The van der Waals surface area contributed by atoms with Crippen molar-refractivity contribution in [1.82, 2.24) is 5.32 Å². The lowest BCUT2D eigenvalue weighted by atomic mass is 9.96. The zero-order chi connectivity index (χ0) is 12.8.